The van der Waals surface area contributed by atoms with Gasteiger partial charge in [-0.3, -0.25) is 9.78 Å². The Kier molecular flexibility index (Phi) is 4.63. The third-order valence-electron chi connectivity index (χ3n) is 3.32. The molecule has 19 heavy (non-hydrogen) atoms. The lowest BCUT2D eigenvalue weighted by molar-refractivity contribution is 0.0949. The highest BCUT2D eigenvalue weighted by molar-refractivity contribution is 5.94. The van der Waals surface area contributed by atoms with Crippen LogP contribution in [0, 0.1) is 0 Å². The van der Waals surface area contributed by atoms with Crippen LogP contribution in [-0.4, -0.2) is 40.6 Å². The van der Waals surface area contributed by atoms with Crippen LogP contribution in [0.15, 0.2) is 29.5 Å². The summed E-state index contributed by atoms with van der Waals surface area (Å²) >= 11 is 0. The molecule has 0 saturated carbocycles. The Hall–Kier alpha value is -1.75. The van der Waals surface area contributed by atoms with E-state index in [9.17, 15) is 4.79 Å². The van der Waals surface area contributed by atoms with Crippen molar-refractivity contribution in [2.45, 2.75) is 32.7 Å². The number of pyridine rings is 1. The van der Waals surface area contributed by atoms with Gasteiger partial charge in [0.25, 0.3) is 5.91 Å². The number of nitrogens with zero attached hydrogens (tertiary/aromatic N) is 3. The molecule has 1 aliphatic rings. The summed E-state index contributed by atoms with van der Waals surface area (Å²) in [6.45, 7) is 6.42. The molecule has 1 fully saturated rings. The van der Waals surface area contributed by atoms with Crippen molar-refractivity contribution < 1.29 is 4.79 Å². The van der Waals surface area contributed by atoms with Crippen molar-refractivity contribution >= 4 is 11.6 Å². The zero-order valence-electron chi connectivity index (χ0n) is 11.5. The predicted octanol–water partition coefficient (Wildman–Crippen LogP) is 1.67. The number of hydrazone groups is 1. The average Bonchev–Trinajstić information content (AvgIpc) is 2.46. The SMILES string of the molecule is CC(C)N1CCC(=NNC(=O)c2ccccn2)CC1. The second-order valence-corrected chi connectivity index (χ2v) is 4.96. The van der Waals surface area contributed by atoms with E-state index in [-0.39, 0.29) is 5.91 Å². The smallest absolute Gasteiger partial charge is 0.289 e. The van der Waals surface area contributed by atoms with Gasteiger partial charge in [-0.2, -0.15) is 5.10 Å². The van der Waals surface area contributed by atoms with Gasteiger partial charge in [0.1, 0.15) is 5.69 Å². The first-order valence-electron chi connectivity index (χ1n) is 6.67. The van der Waals surface area contributed by atoms with Gasteiger partial charge in [0.05, 0.1) is 0 Å². The van der Waals surface area contributed by atoms with Gasteiger partial charge in [0.15, 0.2) is 0 Å². The Labute approximate surface area is 113 Å². The van der Waals surface area contributed by atoms with Crippen molar-refractivity contribution in [1.29, 1.82) is 0 Å². The molecule has 5 nitrogen and oxygen atoms in total. The molecule has 2 rings (SSSR count). The Morgan fingerprint density at radius 3 is 2.68 bits per heavy atom. The zero-order valence-corrected chi connectivity index (χ0v) is 11.5. The number of hydrogen-bond donors (Lipinski definition) is 1. The largest absolute Gasteiger partial charge is 0.300 e. The normalized spacial score (nSPS) is 16.5. The predicted molar refractivity (Wildman–Crippen MR) is 75.1 cm³/mol. The summed E-state index contributed by atoms with van der Waals surface area (Å²) in [5, 5.41) is 4.20. The van der Waals surface area contributed by atoms with Gasteiger partial charge in [-0.1, -0.05) is 6.07 Å². The molecule has 1 amide bonds. The van der Waals surface area contributed by atoms with E-state index in [2.05, 4.69) is 34.3 Å². The van der Waals surface area contributed by atoms with Crippen molar-refractivity contribution in [2.75, 3.05) is 13.1 Å². The summed E-state index contributed by atoms with van der Waals surface area (Å²) in [6, 6.07) is 5.82. The number of rotatable bonds is 3. The van der Waals surface area contributed by atoms with Crippen LogP contribution in [0.3, 0.4) is 0 Å². The first-order chi connectivity index (χ1) is 9.16. The molecule has 102 valence electrons. The molecule has 0 aromatic carbocycles. The summed E-state index contributed by atoms with van der Waals surface area (Å²) in [4.78, 5) is 18.2. The molecule has 1 aromatic heterocycles. The van der Waals surface area contributed by atoms with Crippen molar-refractivity contribution in [3.63, 3.8) is 0 Å². The van der Waals surface area contributed by atoms with Gasteiger partial charge < -0.3 is 4.90 Å². The van der Waals surface area contributed by atoms with Gasteiger partial charge in [0.2, 0.25) is 0 Å². The van der Waals surface area contributed by atoms with Crippen LogP contribution in [0.2, 0.25) is 0 Å². The minimum absolute atomic E-state index is 0.251. The third-order valence-corrected chi connectivity index (χ3v) is 3.32. The molecule has 1 saturated heterocycles. The molecule has 0 atom stereocenters. The first-order valence-corrected chi connectivity index (χ1v) is 6.67. The van der Waals surface area contributed by atoms with Crippen LogP contribution in [-0.2, 0) is 0 Å². The summed E-state index contributed by atoms with van der Waals surface area (Å²) < 4.78 is 0. The fraction of sp³-hybridized carbons (Fsp3) is 0.500. The minimum atomic E-state index is -0.251. The minimum Gasteiger partial charge on any atom is -0.300 e. The van der Waals surface area contributed by atoms with Crippen molar-refractivity contribution in [3.8, 4) is 0 Å². The summed E-state index contributed by atoms with van der Waals surface area (Å²) in [6.07, 6.45) is 3.44. The van der Waals surface area contributed by atoms with Crippen LogP contribution in [0.4, 0.5) is 0 Å². The topological polar surface area (TPSA) is 57.6 Å². The quantitative estimate of drug-likeness (QED) is 0.841. The standard InChI is InChI=1S/C14H20N4O/c1-11(2)18-9-6-12(7-10-18)16-17-14(19)13-5-3-4-8-15-13/h3-5,8,11H,6-7,9-10H2,1-2H3,(H,17,19). The van der Waals surface area contributed by atoms with E-state index in [1.54, 1.807) is 24.4 Å². The molecule has 2 heterocycles. The van der Waals surface area contributed by atoms with E-state index in [1.165, 1.54) is 0 Å². The Bertz CT molecular complexity index is 446. The fourth-order valence-electron chi connectivity index (χ4n) is 2.09. The van der Waals surface area contributed by atoms with Crippen molar-refractivity contribution in [2.24, 2.45) is 5.10 Å². The molecule has 1 aliphatic heterocycles. The zero-order chi connectivity index (χ0) is 13.7. The van der Waals surface area contributed by atoms with E-state index in [0.717, 1.165) is 31.6 Å². The van der Waals surface area contributed by atoms with Gasteiger partial charge >= 0.3 is 0 Å². The van der Waals surface area contributed by atoms with Crippen molar-refractivity contribution in [1.82, 2.24) is 15.3 Å². The highest BCUT2D eigenvalue weighted by Gasteiger charge is 2.17. The van der Waals surface area contributed by atoms with Gasteiger partial charge in [0, 0.05) is 43.9 Å². The second-order valence-electron chi connectivity index (χ2n) is 4.96. The van der Waals surface area contributed by atoms with Crippen LogP contribution in [0.25, 0.3) is 0 Å². The van der Waals surface area contributed by atoms with E-state index in [0.29, 0.717) is 11.7 Å². The Morgan fingerprint density at radius 1 is 1.37 bits per heavy atom. The van der Waals surface area contributed by atoms with Gasteiger partial charge in [-0.05, 0) is 26.0 Å². The lowest BCUT2D eigenvalue weighted by atomic mass is 10.1. The molecule has 1 aromatic rings. The van der Waals surface area contributed by atoms with Gasteiger partial charge in [-0.15, -0.1) is 0 Å². The van der Waals surface area contributed by atoms with Crippen molar-refractivity contribution in [3.05, 3.63) is 30.1 Å². The van der Waals surface area contributed by atoms with Crippen LogP contribution in [0.1, 0.15) is 37.2 Å². The first kappa shape index (κ1) is 13.7. The molecular formula is C14H20N4O. The Balaban J connectivity index is 1.85. The number of likely N-dealkylation sites (tertiary alicyclic amines) is 1. The fourth-order valence-corrected chi connectivity index (χ4v) is 2.09. The molecule has 0 spiro atoms. The lowest BCUT2D eigenvalue weighted by Crippen LogP contribution is -2.39. The second kappa shape index (κ2) is 6.43. The summed E-state index contributed by atoms with van der Waals surface area (Å²) in [5.74, 6) is -0.251. The average molecular weight is 260 g/mol. The van der Waals surface area contributed by atoms with E-state index in [4.69, 9.17) is 0 Å². The number of amides is 1. The number of nitrogens with one attached hydrogen (secondary N) is 1. The summed E-state index contributed by atoms with van der Waals surface area (Å²) in [5.41, 5.74) is 4.03. The monoisotopic (exact) mass is 260 g/mol. The number of carbonyl (C=O) groups excluding carboxylic acids is 1. The van der Waals surface area contributed by atoms with Crippen LogP contribution in [0.5, 0.6) is 0 Å². The lowest BCUT2D eigenvalue weighted by Gasteiger charge is -2.30. The number of carbonyl (C=O) groups is 1. The number of aromatic nitrogens is 1. The highest BCUT2D eigenvalue weighted by atomic mass is 16.2. The highest BCUT2D eigenvalue weighted by Crippen LogP contribution is 2.10. The maximum absolute atomic E-state index is 11.8. The van der Waals surface area contributed by atoms with E-state index >= 15 is 0 Å². The number of hydrogen-bond acceptors (Lipinski definition) is 4. The molecule has 1 N–H and O–H groups in total. The summed E-state index contributed by atoms with van der Waals surface area (Å²) in [7, 11) is 0. The molecule has 0 aliphatic carbocycles. The number of piperidine rings is 1. The molecular weight excluding hydrogens is 240 g/mol. The van der Waals surface area contributed by atoms with E-state index < -0.39 is 0 Å². The van der Waals surface area contributed by atoms with Crippen LogP contribution < -0.4 is 5.43 Å². The Morgan fingerprint density at radius 2 is 2.11 bits per heavy atom. The third kappa shape index (κ3) is 3.86. The molecule has 0 unspecified atom stereocenters. The molecule has 0 radical (unpaired) electrons. The van der Waals surface area contributed by atoms with E-state index in [1.807, 2.05) is 0 Å². The van der Waals surface area contributed by atoms with Gasteiger partial charge in [-0.25, -0.2) is 5.43 Å². The van der Waals surface area contributed by atoms with Crippen LogP contribution >= 0.6 is 0 Å². The maximum atomic E-state index is 11.8. The molecule has 0 bridgehead atoms. The maximum Gasteiger partial charge on any atom is 0.289 e. The molecule has 5 heteroatoms.